The third-order valence-electron chi connectivity index (χ3n) is 4.23. The standard InChI is InChI=1S/C16H17N3O8S/c17-14(20)13-10(11(6-18-13)15(21)22)5-12(28)27-16(23)26-7-8-1-3-9(4-2-8)19(24)25/h1-4,10-11,13,18H,5-7H2,(H2,17,20)(H,21,22)/t10-,11?,13?/m0/s1. The molecule has 0 aliphatic carbocycles. The highest BCUT2D eigenvalue weighted by Crippen LogP contribution is 2.27. The first-order valence-corrected chi connectivity index (χ1v) is 8.46. The lowest BCUT2D eigenvalue weighted by molar-refractivity contribution is -0.384. The molecule has 1 aliphatic heterocycles. The van der Waals surface area contributed by atoms with Crippen LogP contribution in [0.2, 0.25) is 0 Å². The summed E-state index contributed by atoms with van der Waals surface area (Å²) in [6.07, 6.45) is -1.27. The van der Waals surface area contributed by atoms with Crippen molar-refractivity contribution in [2.24, 2.45) is 17.6 Å². The Bertz CT molecular complexity index is 776. The summed E-state index contributed by atoms with van der Waals surface area (Å²) < 4.78 is 9.71. The average Bonchev–Trinajstić information content (AvgIpc) is 3.04. The SMILES string of the molecule is NC(=O)C1NCC(C(=O)O)[C@@H]1CC(=S)OC(=O)OCc1ccc([N+](=O)[O-])cc1. The number of benzene rings is 1. The highest BCUT2D eigenvalue weighted by Gasteiger charge is 2.43. The second kappa shape index (κ2) is 9.19. The van der Waals surface area contributed by atoms with Gasteiger partial charge in [0.25, 0.3) is 5.69 Å². The third-order valence-corrected chi connectivity index (χ3v) is 4.48. The van der Waals surface area contributed by atoms with Crippen LogP contribution >= 0.6 is 12.2 Å². The predicted molar refractivity (Wildman–Crippen MR) is 97.2 cm³/mol. The molecule has 1 fully saturated rings. The Morgan fingerprint density at radius 1 is 1.32 bits per heavy atom. The summed E-state index contributed by atoms with van der Waals surface area (Å²) >= 11 is 4.95. The van der Waals surface area contributed by atoms with E-state index in [0.717, 1.165) is 0 Å². The van der Waals surface area contributed by atoms with E-state index in [9.17, 15) is 29.6 Å². The van der Waals surface area contributed by atoms with E-state index in [1.807, 2.05) is 0 Å². The molecule has 2 rings (SSSR count). The molecule has 1 aromatic carbocycles. The van der Waals surface area contributed by atoms with Crippen molar-refractivity contribution >= 4 is 41.0 Å². The number of hydrogen-bond acceptors (Lipinski definition) is 9. The largest absolute Gasteiger partial charge is 0.514 e. The lowest BCUT2D eigenvalue weighted by atomic mass is 9.87. The van der Waals surface area contributed by atoms with Gasteiger partial charge in [0, 0.05) is 31.0 Å². The maximum absolute atomic E-state index is 11.7. The van der Waals surface area contributed by atoms with Crippen LogP contribution in [-0.2, 0) is 25.7 Å². The number of nitrogens with two attached hydrogens (primary N) is 1. The van der Waals surface area contributed by atoms with Crippen molar-refractivity contribution < 1.29 is 33.9 Å². The maximum atomic E-state index is 11.7. The Hall–Kier alpha value is -3.12. The average molecular weight is 411 g/mol. The molecule has 1 heterocycles. The fourth-order valence-corrected chi connectivity index (χ4v) is 3.10. The molecule has 11 nitrogen and oxygen atoms in total. The molecule has 0 aromatic heterocycles. The number of hydrogen-bond donors (Lipinski definition) is 3. The van der Waals surface area contributed by atoms with Crippen molar-refractivity contribution in [2.75, 3.05) is 6.54 Å². The first kappa shape index (κ1) is 21.2. The number of carbonyl (C=O) groups excluding carboxylic acids is 2. The molecule has 28 heavy (non-hydrogen) atoms. The molecule has 2 unspecified atom stereocenters. The van der Waals surface area contributed by atoms with Gasteiger partial charge in [0.15, 0.2) is 5.05 Å². The van der Waals surface area contributed by atoms with E-state index in [0.29, 0.717) is 5.56 Å². The molecule has 12 heteroatoms. The van der Waals surface area contributed by atoms with Crippen molar-refractivity contribution in [1.82, 2.24) is 5.32 Å². The van der Waals surface area contributed by atoms with E-state index in [4.69, 9.17) is 27.4 Å². The predicted octanol–water partition coefficient (Wildman–Crippen LogP) is 0.740. The van der Waals surface area contributed by atoms with Crippen LogP contribution < -0.4 is 11.1 Å². The summed E-state index contributed by atoms with van der Waals surface area (Å²) in [4.78, 5) is 44.5. The lowest BCUT2D eigenvalue weighted by Crippen LogP contribution is -2.42. The maximum Gasteiger partial charge on any atom is 0.514 e. The van der Waals surface area contributed by atoms with Gasteiger partial charge in [-0.15, -0.1) is 0 Å². The number of primary amides is 1. The first-order valence-electron chi connectivity index (χ1n) is 8.05. The summed E-state index contributed by atoms with van der Waals surface area (Å²) in [7, 11) is 0. The van der Waals surface area contributed by atoms with Crippen molar-refractivity contribution in [3.05, 3.63) is 39.9 Å². The molecule has 3 atom stereocenters. The molecule has 4 N–H and O–H groups in total. The number of aliphatic carboxylic acids is 1. The minimum absolute atomic E-state index is 0.0425. The van der Waals surface area contributed by atoms with Crippen LogP contribution in [0.15, 0.2) is 24.3 Å². The van der Waals surface area contributed by atoms with Crippen molar-refractivity contribution in [1.29, 1.82) is 0 Å². The van der Waals surface area contributed by atoms with Crippen LogP contribution in [0.4, 0.5) is 10.5 Å². The van der Waals surface area contributed by atoms with Gasteiger partial charge in [-0.05, 0) is 29.9 Å². The van der Waals surface area contributed by atoms with Crippen molar-refractivity contribution in [2.45, 2.75) is 19.1 Å². The zero-order valence-corrected chi connectivity index (χ0v) is 15.2. The van der Waals surface area contributed by atoms with Gasteiger partial charge in [-0.3, -0.25) is 19.7 Å². The molecule has 0 radical (unpaired) electrons. The summed E-state index contributed by atoms with van der Waals surface area (Å²) in [5.74, 6) is -3.51. The molecular weight excluding hydrogens is 394 g/mol. The number of non-ortho nitro benzene ring substituents is 1. The van der Waals surface area contributed by atoms with Gasteiger partial charge in [0.1, 0.15) is 6.61 Å². The molecule has 1 aromatic rings. The van der Waals surface area contributed by atoms with Gasteiger partial charge in [-0.1, -0.05) is 0 Å². The molecule has 0 spiro atoms. The second-order valence-electron chi connectivity index (χ2n) is 6.04. The van der Waals surface area contributed by atoms with Crippen LogP contribution in [0.25, 0.3) is 0 Å². The third kappa shape index (κ3) is 5.44. The molecule has 1 amide bonds. The minimum Gasteiger partial charge on any atom is -0.481 e. The number of carboxylic acid groups (broad SMARTS) is 1. The van der Waals surface area contributed by atoms with Crippen LogP contribution in [0.5, 0.6) is 0 Å². The zero-order chi connectivity index (χ0) is 20.8. The van der Waals surface area contributed by atoms with Crippen molar-refractivity contribution in [3.8, 4) is 0 Å². The Labute approximate surface area is 163 Å². The minimum atomic E-state index is -1.12. The fraction of sp³-hybridized carbons (Fsp3) is 0.375. The number of carboxylic acids is 1. The molecule has 0 bridgehead atoms. The van der Waals surface area contributed by atoms with Gasteiger partial charge >= 0.3 is 12.1 Å². The van der Waals surface area contributed by atoms with E-state index < -0.39 is 40.8 Å². The van der Waals surface area contributed by atoms with Crippen LogP contribution in [-0.4, -0.2) is 45.7 Å². The van der Waals surface area contributed by atoms with Crippen LogP contribution in [0.1, 0.15) is 12.0 Å². The molecule has 1 aliphatic rings. The number of nitrogens with one attached hydrogen (secondary N) is 1. The van der Waals surface area contributed by atoms with E-state index in [2.05, 4.69) is 5.32 Å². The van der Waals surface area contributed by atoms with Gasteiger partial charge in [0.05, 0.1) is 16.9 Å². The Kier molecular flexibility index (Phi) is 6.95. The van der Waals surface area contributed by atoms with Gasteiger partial charge < -0.3 is 25.6 Å². The molecule has 150 valence electrons. The van der Waals surface area contributed by atoms with E-state index in [-0.39, 0.29) is 30.3 Å². The fourth-order valence-electron chi connectivity index (χ4n) is 2.84. The van der Waals surface area contributed by atoms with Crippen molar-refractivity contribution in [3.63, 3.8) is 0 Å². The smallest absolute Gasteiger partial charge is 0.481 e. The quantitative estimate of drug-likeness (QED) is 0.251. The summed E-state index contributed by atoms with van der Waals surface area (Å²) in [5, 5.41) is 22.3. The normalized spacial score (nSPS) is 20.9. The number of nitrogens with zero attached hydrogens (tertiary/aromatic N) is 1. The molecule has 0 saturated carbocycles. The second-order valence-corrected chi connectivity index (χ2v) is 6.49. The zero-order valence-electron chi connectivity index (χ0n) is 14.4. The number of ether oxygens (including phenoxy) is 2. The first-order chi connectivity index (χ1) is 13.2. The van der Waals surface area contributed by atoms with Gasteiger partial charge in [0.2, 0.25) is 5.91 Å². The van der Waals surface area contributed by atoms with E-state index in [1.165, 1.54) is 24.3 Å². The summed E-state index contributed by atoms with van der Waals surface area (Å²) in [5.41, 5.74) is 5.65. The van der Waals surface area contributed by atoms with E-state index in [1.54, 1.807) is 0 Å². The molecule has 1 saturated heterocycles. The lowest BCUT2D eigenvalue weighted by Gasteiger charge is -2.19. The highest BCUT2D eigenvalue weighted by atomic mass is 32.1. The Morgan fingerprint density at radius 3 is 2.50 bits per heavy atom. The van der Waals surface area contributed by atoms with Gasteiger partial charge in [-0.25, -0.2) is 4.79 Å². The van der Waals surface area contributed by atoms with Crippen LogP contribution in [0.3, 0.4) is 0 Å². The number of thiocarbonyl (C=S) groups is 1. The number of nitro groups is 1. The topological polar surface area (TPSA) is 171 Å². The number of amides is 1. The number of nitro benzene ring substituents is 1. The van der Waals surface area contributed by atoms with Gasteiger partial charge in [-0.2, -0.15) is 0 Å². The monoisotopic (exact) mass is 411 g/mol. The Balaban J connectivity index is 1.87. The summed E-state index contributed by atoms with van der Waals surface area (Å²) in [6.45, 7) is -0.160. The number of carbonyl (C=O) groups is 3. The summed E-state index contributed by atoms with van der Waals surface area (Å²) in [6, 6.07) is 4.46. The highest BCUT2D eigenvalue weighted by molar-refractivity contribution is 7.80. The van der Waals surface area contributed by atoms with Crippen LogP contribution in [0, 0.1) is 22.0 Å². The number of rotatable bonds is 7. The van der Waals surface area contributed by atoms with E-state index >= 15 is 0 Å². The Morgan fingerprint density at radius 2 is 1.96 bits per heavy atom. The molecular formula is C16H17N3O8S.